The summed E-state index contributed by atoms with van der Waals surface area (Å²) in [5, 5.41) is 0. The van der Waals surface area contributed by atoms with E-state index in [0.717, 1.165) is 12.5 Å². The lowest BCUT2D eigenvalue weighted by molar-refractivity contribution is 0.287. The van der Waals surface area contributed by atoms with Crippen LogP contribution in [0.2, 0.25) is 0 Å². The summed E-state index contributed by atoms with van der Waals surface area (Å²) < 4.78 is 0. The summed E-state index contributed by atoms with van der Waals surface area (Å²) in [5.74, 6) is 0.987. The molecule has 102 valence electrons. The van der Waals surface area contributed by atoms with E-state index in [9.17, 15) is 0 Å². The van der Waals surface area contributed by atoms with Gasteiger partial charge in [0.2, 0.25) is 0 Å². The topological polar surface area (TPSA) is 29.3 Å². The van der Waals surface area contributed by atoms with E-state index >= 15 is 0 Å². The molecule has 0 aromatic heterocycles. The van der Waals surface area contributed by atoms with Crippen molar-refractivity contribution in [2.24, 2.45) is 17.1 Å². The van der Waals surface area contributed by atoms with Gasteiger partial charge in [-0.1, -0.05) is 33.6 Å². The molecule has 0 aromatic rings. The molecule has 1 atom stereocenters. The van der Waals surface area contributed by atoms with Crippen molar-refractivity contribution in [1.82, 2.24) is 4.90 Å². The Bertz CT molecular complexity index is 201. The number of likely N-dealkylation sites (tertiary alicyclic amines) is 1. The number of rotatable bonds is 8. The zero-order valence-corrected chi connectivity index (χ0v) is 12.2. The Balaban J connectivity index is 2.04. The molecule has 1 heterocycles. The van der Waals surface area contributed by atoms with Crippen LogP contribution in [0.5, 0.6) is 0 Å². The lowest BCUT2D eigenvalue weighted by Crippen LogP contribution is -2.25. The average molecular weight is 240 g/mol. The average Bonchev–Trinajstić information content (AvgIpc) is 2.73. The monoisotopic (exact) mass is 240 g/mol. The van der Waals surface area contributed by atoms with Crippen molar-refractivity contribution in [2.45, 2.75) is 59.3 Å². The van der Waals surface area contributed by atoms with Gasteiger partial charge < -0.3 is 10.6 Å². The number of hydrogen-bond donors (Lipinski definition) is 1. The molecule has 2 N–H and O–H groups in total. The number of hydrogen-bond acceptors (Lipinski definition) is 2. The highest BCUT2D eigenvalue weighted by atomic mass is 15.1. The van der Waals surface area contributed by atoms with E-state index in [0.29, 0.717) is 5.41 Å². The van der Waals surface area contributed by atoms with Crippen molar-refractivity contribution in [2.75, 3.05) is 26.2 Å². The molecule has 2 heteroatoms. The molecule has 17 heavy (non-hydrogen) atoms. The molecule has 0 saturated carbocycles. The van der Waals surface area contributed by atoms with Crippen molar-refractivity contribution in [3.8, 4) is 0 Å². The van der Waals surface area contributed by atoms with Gasteiger partial charge in [-0.25, -0.2) is 0 Å². The second-order valence-corrected chi connectivity index (χ2v) is 6.57. The Hall–Kier alpha value is -0.0800. The summed E-state index contributed by atoms with van der Waals surface area (Å²) in [6.45, 7) is 11.7. The zero-order valence-electron chi connectivity index (χ0n) is 12.2. The minimum absolute atomic E-state index is 0.343. The summed E-state index contributed by atoms with van der Waals surface area (Å²) in [6.07, 6.45) is 8.17. The van der Waals surface area contributed by atoms with Crippen molar-refractivity contribution in [1.29, 1.82) is 0 Å². The Morgan fingerprint density at radius 1 is 1.29 bits per heavy atom. The zero-order chi connectivity index (χ0) is 12.7. The molecule has 1 saturated heterocycles. The van der Waals surface area contributed by atoms with Gasteiger partial charge in [0.25, 0.3) is 0 Å². The quantitative estimate of drug-likeness (QED) is 0.660. The largest absolute Gasteiger partial charge is 0.330 e. The summed E-state index contributed by atoms with van der Waals surface area (Å²) in [6, 6.07) is 0. The van der Waals surface area contributed by atoms with Crippen molar-refractivity contribution in [3.05, 3.63) is 0 Å². The third kappa shape index (κ3) is 5.87. The third-order valence-corrected chi connectivity index (χ3v) is 4.20. The van der Waals surface area contributed by atoms with Crippen molar-refractivity contribution in [3.63, 3.8) is 0 Å². The fraction of sp³-hybridized carbons (Fsp3) is 1.00. The van der Waals surface area contributed by atoms with Gasteiger partial charge in [0, 0.05) is 6.54 Å². The van der Waals surface area contributed by atoms with E-state index < -0.39 is 0 Å². The predicted octanol–water partition coefficient (Wildman–Crippen LogP) is 3.26. The first-order chi connectivity index (χ1) is 8.07. The van der Waals surface area contributed by atoms with Gasteiger partial charge in [-0.15, -0.1) is 0 Å². The van der Waals surface area contributed by atoms with Crippen LogP contribution in [-0.4, -0.2) is 31.1 Å². The Labute approximate surface area is 108 Å². The number of unbranched alkanes of at least 4 members (excludes halogenated alkanes) is 1. The molecule has 1 fully saturated rings. The van der Waals surface area contributed by atoms with Crippen LogP contribution in [0, 0.1) is 11.3 Å². The first-order valence-electron chi connectivity index (χ1n) is 7.50. The normalized spacial score (nSPS) is 22.2. The highest BCUT2D eigenvalue weighted by Gasteiger charge is 2.21. The maximum atomic E-state index is 5.75. The van der Waals surface area contributed by atoms with Crippen LogP contribution in [-0.2, 0) is 0 Å². The second-order valence-electron chi connectivity index (χ2n) is 6.57. The van der Waals surface area contributed by atoms with Crippen LogP contribution >= 0.6 is 0 Å². The van der Waals surface area contributed by atoms with Gasteiger partial charge in [-0.2, -0.15) is 0 Å². The highest BCUT2D eigenvalue weighted by Crippen LogP contribution is 2.23. The van der Waals surface area contributed by atoms with Crippen LogP contribution < -0.4 is 5.73 Å². The van der Waals surface area contributed by atoms with E-state index in [-0.39, 0.29) is 0 Å². The summed E-state index contributed by atoms with van der Waals surface area (Å²) in [4.78, 5) is 2.66. The predicted molar refractivity (Wildman–Crippen MR) is 76.1 cm³/mol. The molecular weight excluding hydrogens is 208 g/mol. The van der Waals surface area contributed by atoms with Gasteiger partial charge in [0.05, 0.1) is 0 Å². The maximum absolute atomic E-state index is 5.75. The Morgan fingerprint density at radius 3 is 2.71 bits per heavy atom. The fourth-order valence-corrected chi connectivity index (χ4v) is 2.80. The minimum Gasteiger partial charge on any atom is -0.330 e. The van der Waals surface area contributed by atoms with Crippen LogP contribution in [0.15, 0.2) is 0 Å². The lowest BCUT2D eigenvalue weighted by atomic mass is 9.87. The van der Waals surface area contributed by atoms with E-state index in [4.69, 9.17) is 5.73 Å². The van der Waals surface area contributed by atoms with E-state index in [1.807, 2.05) is 0 Å². The van der Waals surface area contributed by atoms with Gasteiger partial charge in [-0.05, 0) is 56.7 Å². The van der Waals surface area contributed by atoms with Gasteiger partial charge in [-0.3, -0.25) is 0 Å². The first-order valence-corrected chi connectivity index (χ1v) is 7.50. The lowest BCUT2D eigenvalue weighted by Gasteiger charge is -2.23. The van der Waals surface area contributed by atoms with E-state index in [1.54, 1.807) is 0 Å². The van der Waals surface area contributed by atoms with Crippen LogP contribution in [0.25, 0.3) is 0 Å². The van der Waals surface area contributed by atoms with Gasteiger partial charge >= 0.3 is 0 Å². The smallest absolute Gasteiger partial charge is 0.00101 e. The second kappa shape index (κ2) is 7.38. The molecule has 0 spiro atoms. The molecule has 0 aromatic carbocycles. The van der Waals surface area contributed by atoms with Crippen molar-refractivity contribution < 1.29 is 0 Å². The highest BCUT2D eigenvalue weighted by molar-refractivity contribution is 4.75. The number of nitrogens with zero attached hydrogens (tertiary/aromatic N) is 1. The van der Waals surface area contributed by atoms with Gasteiger partial charge in [0.1, 0.15) is 0 Å². The number of nitrogens with two attached hydrogens (primary N) is 1. The Kier molecular flexibility index (Phi) is 6.50. The van der Waals surface area contributed by atoms with Crippen LogP contribution in [0.3, 0.4) is 0 Å². The molecule has 1 rings (SSSR count). The molecule has 1 aliphatic heterocycles. The maximum Gasteiger partial charge on any atom is 0.00101 e. The fourth-order valence-electron chi connectivity index (χ4n) is 2.80. The molecule has 0 amide bonds. The van der Waals surface area contributed by atoms with Crippen LogP contribution in [0.1, 0.15) is 59.3 Å². The minimum atomic E-state index is 0.343. The standard InChI is InChI=1S/C15H32N2/c1-4-7-14-8-11-17(12-14)10-6-5-9-15(2,3)13-16/h14H,4-13,16H2,1-3H3. The van der Waals surface area contributed by atoms with Crippen LogP contribution in [0.4, 0.5) is 0 Å². The molecular formula is C15H32N2. The van der Waals surface area contributed by atoms with E-state index in [2.05, 4.69) is 25.7 Å². The summed E-state index contributed by atoms with van der Waals surface area (Å²) >= 11 is 0. The molecule has 1 unspecified atom stereocenters. The first kappa shape index (κ1) is 15.0. The molecule has 2 nitrogen and oxygen atoms in total. The molecule has 0 bridgehead atoms. The third-order valence-electron chi connectivity index (χ3n) is 4.20. The molecule has 1 aliphatic rings. The molecule has 0 aliphatic carbocycles. The van der Waals surface area contributed by atoms with Gasteiger partial charge in [0.15, 0.2) is 0 Å². The SMILES string of the molecule is CCCC1CCN(CCCCC(C)(C)CN)C1. The van der Waals surface area contributed by atoms with Crippen molar-refractivity contribution >= 4 is 0 Å². The Morgan fingerprint density at radius 2 is 2.06 bits per heavy atom. The summed E-state index contributed by atoms with van der Waals surface area (Å²) in [5.41, 5.74) is 6.09. The molecule has 0 radical (unpaired) electrons. The summed E-state index contributed by atoms with van der Waals surface area (Å²) in [7, 11) is 0. The van der Waals surface area contributed by atoms with E-state index in [1.165, 1.54) is 58.2 Å².